The van der Waals surface area contributed by atoms with E-state index in [4.69, 9.17) is 0 Å². The molecule has 140 valence electrons. The molecule has 0 spiro atoms. The van der Waals surface area contributed by atoms with E-state index < -0.39 is 10.0 Å². The van der Waals surface area contributed by atoms with Crippen molar-refractivity contribution in [2.24, 2.45) is 5.92 Å². The van der Waals surface area contributed by atoms with Crippen molar-refractivity contribution >= 4 is 10.0 Å². The molecule has 2 bridgehead atoms. The van der Waals surface area contributed by atoms with Crippen LogP contribution in [0.25, 0.3) is 11.4 Å². The molecule has 0 saturated carbocycles. The van der Waals surface area contributed by atoms with Gasteiger partial charge in [0.25, 0.3) is 5.56 Å². The maximum atomic E-state index is 13.1. The van der Waals surface area contributed by atoms with Gasteiger partial charge in [0.1, 0.15) is 5.82 Å². The number of rotatable bonds is 5. The fraction of sp³-hybridized carbons (Fsp3) is 0.529. The molecule has 4 rings (SSSR count). The first-order valence-corrected chi connectivity index (χ1v) is 10.5. The number of hydrogen-bond donors (Lipinski definition) is 2. The van der Waals surface area contributed by atoms with Crippen molar-refractivity contribution in [3.8, 4) is 11.4 Å². The molecule has 2 atom stereocenters. The lowest BCUT2D eigenvalue weighted by Crippen LogP contribution is -2.45. The van der Waals surface area contributed by atoms with E-state index in [9.17, 15) is 13.2 Å². The largest absolute Gasteiger partial charge is 0.330 e. The molecule has 4 heterocycles. The summed E-state index contributed by atoms with van der Waals surface area (Å²) in [6.45, 7) is 2.82. The molecule has 2 aromatic rings. The van der Waals surface area contributed by atoms with Crippen LogP contribution in [0, 0.1) is 5.92 Å². The number of aryl methyl sites for hydroxylation is 1. The summed E-state index contributed by atoms with van der Waals surface area (Å²) in [6, 6.07) is 3.85. The van der Waals surface area contributed by atoms with E-state index in [1.165, 1.54) is 7.05 Å². The fourth-order valence-electron chi connectivity index (χ4n) is 4.02. The van der Waals surface area contributed by atoms with Crippen LogP contribution in [0.5, 0.6) is 0 Å². The Morgan fingerprint density at radius 1 is 1.35 bits per heavy atom. The van der Waals surface area contributed by atoms with Crippen LogP contribution in [-0.2, 0) is 23.1 Å². The van der Waals surface area contributed by atoms with Gasteiger partial charge in [0.05, 0.1) is 11.3 Å². The maximum Gasteiger partial charge on any atom is 0.261 e. The molecule has 26 heavy (non-hydrogen) atoms. The van der Waals surface area contributed by atoms with Crippen molar-refractivity contribution in [2.75, 3.05) is 25.9 Å². The lowest BCUT2D eigenvalue weighted by Gasteiger charge is -2.37. The number of aromatic nitrogens is 3. The molecule has 8 nitrogen and oxygen atoms in total. The van der Waals surface area contributed by atoms with Crippen LogP contribution >= 0.6 is 0 Å². The molecule has 2 aromatic heterocycles. The lowest BCUT2D eigenvalue weighted by molar-refractivity contribution is 0.257. The van der Waals surface area contributed by atoms with E-state index in [-0.39, 0.29) is 17.9 Å². The zero-order valence-electron chi connectivity index (χ0n) is 14.7. The number of imidazole rings is 1. The van der Waals surface area contributed by atoms with Crippen molar-refractivity contribution in [1.82, 2.24) is 24.2 Å². The highest BCUT2D eigenvalue weighted by Gasteiger charge is 2.31. The minimum Gasteiger partial charge on any atom is -0.330 e. The van der Waals surface area contributed by atoms with Gasteiger partial charge in [-0.15, -0.1) is 0 Å². The molecule has 0 amide bonds. The second kappa shape index (κ2) is 6.64. The van der Waals surface area contributed by atoms with Crippen molar-refractivity contribution in [3.05, 3.63) is 40.6 Å². The Balaban J connectivity index is 1.69. The number of piperidine rings is 1. The normalized spacial score (nSPS) is 22.2. The summed E-state index contributed by atoms with van der Waals surface area (Å²) in [4.78, 5) is 17.4. The molecule has 2 aliphatic heterocycles. The first-order valence-electron chi connectivity index (χ1n) is 8.85. The van der Waals surface area contributed by atoms with Crippen molar-refractivity contribution in [3.63, 3.8) is 0 Å². The summed E-state index contributed by atoms with van der Waals surface area (Å²) in [5, 5.41) is 3.44. The molecule has 0 radical (unpaired) electrons. The highest BCUT2D eigenvalue weighted by Crippen LogP contribution is 2.32. The van der Waals surface area contributed by atoms with E-state index in [0.717, 1.165) is 31.7 Å². The van der Waals surface area contributed by atoms with Gasteiger partial charge in [-0.05, 0) is 38.1 Å². The third kappa shape index (κ3) is 3.10. The number of sulfonamides is 1. The van der Waals surface area contributed by atoms with Gasteiger partial charge < -0.3 is 14.5 Å². The Hall–Kier alpha value is -1.97. The minimum absolute atomic E-state index is 0.0389. The highest BCUT2D eigenvalue weighted by molar-refractivity contribution is 7.89. The predicted octanol–water partition coefficient (Wildman–Crippen LogP) is -0.0323. The third-order valence-electron chi connectivity index (χ3n) is 5.38. The van der Waals surface area contributed by atoms with Crippen LogP contribution in [0.15, 0.2) is 29.3 Å². The van der Waals surface area contributed by atoms with E-state index in [0.29, 0.717) is 23.2 Å². The van der Waals surface area contributed by atoms with Crippen molar-refractivity contribution < 1.29 is 8.42 Å². The Morgan fingerprint density at radius 3 is 3.00 bits per heavy atom. The Kier molecular flexibility index (Phi) is 4.45. The summed E-state index contributed by atoms with van der Waals surface area (Å²) in [6.07, 6.45) is 4.44. The SMILES string of the molecule is CNS(=O)(=O)CCn1ccnc1-c1ccc2n(c1=O)C[C@@H]1CNC[C@H]2C1. The van der Waals surface area contributed by atoms with Gasteiger partial charge in [-0.25, -0.2) is 18.1 Å². The van der Waals surface area contributed by atoms with Gasteiger partial charge in [0.2, 0.25) is 10.0 Å². The molecule has 1 fully saturated rings. The second-order valence-corrected chi connectivity index (χ2v) is 9.06. The number of pyridine rings is 1. The molecule has 2 N–H and O–H groups in total. The molecule has 0 unspecified atom stereocenters. The molecule has 9 heteroatoms. The van der Waals surface area contributed by atoms with E-state index in [2.05, 4.69) is 15.0 Å². The first kappa shape index (κ1) is 17.4. The zero-order valence-corrected chi connectivity index (χ0v) is 15.5. The highest BCUT2D eigenvalue weighted by atomic mass is 32.2. The minimum atomic E-state index is -3.32. The van der Waals surface area contributed by atoms with Crippen LogP contribution in [0.3, 0.4) is 0 Å². The van der Waals surface area contributed by atoms with Crippen molar-refractivity contribution in [1.29, 1.82) is 0 Å². The Bertz CT molecular complexity index is 979. The number of nitrogens with zero attached hydrogens (tertiary/aromatic N) is 3. The average Bonchev–Trinajstić information content (AvgIpc) is 3.10. The predicted molar refractivity (Wildman–Crippen MR) is 98.5 cm³/mol. The summed E-state index contributed by atoms with van der Waals surface area (Å²) in [5.41, 5.74) is 1.56. The van der Waals surface area contributed by atoms with Gasteiger partial charge in [0.15, 0.2) is 0 Å². The number of hydrogen-bond acceptors (Lipinski definition) is 5. The van der Waals surface area contributed by atoms with Gasteiger partial charge >= 0.3 is 0 Å². The molecular formula is C17H23N5O3S. The van der Waals surface area contributed by atoms with Crippen LogP contribution < -0.4 is 15.6 Å². The van der Waals surface area contributed by atoms with E-state index in [1.807, 2.05) is 16.7 Å². The molecular weight excluding hydrogens is 354 g/mol. The third-order valence-corrected chi connectivity index (χ3v) is 6.72. The van der Waals surface area contributed by atoms with Gasteiger partial charge in [0, 0.05) is 43.6 Å². The number of fused-ring (bicyclic) bond motifs is 4. The Morgan fingerprint density at radius 2 is 2.19 bits per heavy atom. The number of nitrogens with one attached hydrogen (secondary N) is 2. The Labute approximate surface area is 152 Å². The molecule has 0 aliphatic carbocycles. The molecule has 1 saturated heterocycles. The van der Waals surface area contributed by atoms with Crippen LogP contribution in [0.1, 0.15) is 18.0 Å². The van der Waals surface area contributed by atoms with Crippen molar-refractivity contribution in [2.45, 2.75) is 25.4 Å². The lowest BCUT2D eigenvalue weighted by atomic mass is 9.84. The van der Waals surface area contributed by atoms with Gasteiger partial charge in [-0.2, -0.15) is 0 Å². The van der Waals surface area contributed by atoms with Crippen LogP contribution in [-0.4, -0.2) is 48.4 Å². The summed E-state index contributed by atoms with van der Waals surface area (Å²) >= 11 is 0. The summed E-state index contributed by atoms with van der Waals surface area (Å²) in [5.74, 6) is 1.32. The topological polar surface area (TPSA) is 98.0 Å². The van der Waals surface area contributed by atoms with Crippen LogP contribution in [0.4, 0.5) is 0 Å². The quantitative estimate of drug-likeness (QED) is 0.762. The maximum absolute atomic E-state index is 13.1. The molecule has 2 aliphatic rings. The van der Waals surface area contributed by atoms with Gasteiger partial charge in [-0.1, -0.05) is 0 Å². The van der Waals surface area contributed by atoms with Gasteiger partial charge in [-0.3, -0.25) is 4.79 Å². The van der Waals surface area contributed by atoms with E-state index in [1.54, 1.807) is 17.0 Å². The average molecular weight is 377 g/mol. The first-order chi connectivity index (χ1) is 12.5. The summed E-state index contributed by atoms with van der Waals surface area (Å²) in [7, 11) is -1.92. The zero-order chi connectivity index (χ0) is 18.3. The summed E-state index contributed by atoms with van der Waals surface area (Å²) < 4.78 is 29.3. The smallest absolute Gasteiger partial charge is 0.261 e. The van der Waals surface area contributed by atoms with Crippen LogP contribution in [0.2, 0.25) is 0 Å². The monoisotopic (exact) mass is 377 g/mol. The molecule has 0 aromatic carbocycles. The second-order valence-electron chi connectivity index (χ2n) is 7.01. The fourth-order valence-corrected chi connectivity index (χ4v) is 4.66. The standard InChI is InChI=1S/C17H23N5O3S/c1-18-26(24,25)7-6-21-5-4-20-16(21)14-2-3-15-13-8-12(9-19-10-13)11-22(15)17(14)23/h2-5,12-13,18-19H,6-11H2,1H3/t12-,13+/m0/s1. The van der Waals surface area contributed by atoms with E-state index >= 15 is 0 Å².